The number of nitrogens with two attached hydrogens (primary N) is 1. The smallest absolute Gasteiger partial charge is 0.229 e. The molecule has 0 fully saturated rings. The SMILES string of the molecule is Cc1cc(NC(=O)C(C)CN)no1. The van der Waals surface area contributed by atoms with Crippen molar-refractivity contribution in [2.24, 2.45) is 11.7 Å². The first kappa shape index (κ1) is 9.73. The van der Waals surface area contributed by atoms with Gasteiger partial charge in [-0.05, 0) is 6.92 Å². The van der Waals surface area contributed by atoms with Gasteiger partial charge in [0.25, 0.3) is 0 Å². The van der Waals surface area contributed by atoms with Crippen molar-refractivity contribution in [3.63, 3.8) is 0 Å². The summed E-state index contributed by atoms with van der Waals surface area (Å²) in [4.78, 5) is 11.3. The van der Waals surface area contributed by atoms with E-state index < -0.39 is 0 Å². The number of rotatable bonds is 3. The molecular formula is C8H13N3O2. The monoisotopic (exact) mass is 183 g/mol. The molecule has 1 unspecified atom stereocenters. The van der Waals surface area contributed by atoms with Crippen molar-refractivity contribution in [1.29, 1.82) is 0 Å². The molecule has 1 rings (SSSR count). The van der Waals surface area contributed by atoms with Crippen molar-refractivity contribution >= 4 is 11.7 Å². The van der Waals surface area contributed by atoms with Gasteiger partial charge in [0.05, 0.1) is 0 Å². The second kappa shape index (κ2) is 4.04. The van der Waals surface area contributed by atoms with Gasteiger partial charge in [-0.3, -0.25) is 4.79 Å². The lowest BCUT2D eigenvalue weighted by Gasteiger charge is -2.06. The molecule has 0 aliphatic rings. The van der Waals surface area contributed by atoms with E-state index in [9.17, 15) is 4.79 Å². The fourth-order valence-electron chi connectivity index (χ4n) is 0.782. The van der Waals surface area contributed by atoms with E-state index in [4.69, 9.17) is 10.3 Å². The van der Waals surface area contributed by atoms with Crippen molar-refractivity contribution in [1.82, 2.24) is 5.16 Å². The highest BCUT2D eigenvalue weighted by atomic mass is 16.5. The number of carbonyl (C=O) groups is 1. The minimum Gasteiger partial charge on any atom is -0.360 e. The van der Waals surface area contributed by atoms with Crippen LogP contribution in [-0.4, -0.2) is 17.6 Å². The standard InChI is InChI=1S/C8H13N3O2/c1-5(4-9)8(12)10-7-3-6(2)13-11-7/h3,5H,4,9H2,1-2H3,(H,10,11,12). The Balaban J connectivity index is 2.54. The van der Waals surface area contributed by atoms with Crippen LogP contribution in [0.1, 0.15) is 12.7 Å². The summed E-state index contributed by atoms with van der Waals surface area (Å²) in [5, 5.41) is 6.21. The van der Waals surface area contributed by atoms with Gasteiger partial charge >= 0.3 is 0 Å². The normalized spacial score (nSPS) is 12.5. The highest BCUT2D eigenvalue weighted by Crippen LogP contribution is 2.08. The van der Waals surface area contributed by atoms with E-state index in [0.717, 1.165) is 0 Å². The van der Waals surface area contributed by atoms with Crippen LogP contribution >= 0.6 is 0 Å². The summed E-state index contributed by atoms with van der Waals surface area (Å²) in [5.74, 6) is 0.742. The Kier molecular flexibility index (Phi) is 3.02. The number of aromatic nitrogens is 1. The molecule has 0 spiro atoms. The fourth-order valence-corrected chi connectivity index (χ4v) is 0.782. The summed E-state index contributed by atoms with van der Waals surface area (Å²) < 4.78 is 4.78. The van der Waals surface area contributed by atoms with Crippen molar-refractivity contribution in [2.45, 2.75) is 13.8 Å². The lowest BCUT2D eigenvalue weighted by Crippen LogP contribution is -2.26. The zero-order valence-corrected chi connectivity index (χ0v) is 7.70. The predicted molar refractivity (Wildman–Crippen MR) is 48.1 cm³/mol. The number of amides is 1. The third kappa shape index (κ3) is 2.55. The molecular weight excluding hydrogens is 170 g/mol. The summed E-state index contributed by atoms with van der Waals surface area (Å²) >= 11 is 0. The summed E-state index contributed by atoms with van der Waals surface area (Å²) in [6.45, 7) is 3.83. The van der Waals surface area contributed by atoms with Crippen molar-refractivity contribution in [2.75, 3.05) is 11.9 Å². The maximum atomic E-state index is 11.3. The maximum absolute atomic E-state index is 11.3. The van der Waals surface area contributed by atoms with E-state index in [2.05, 4.69) is 10.5 Å². The molecule has 0 radical (unpaired) electrons. The Labute approximate surface area is 76.3 Å². The first-order chi connectivity index (χ1) is 6.13. The van der Waals surface area contributed by atoms with Crippen LogP contribution in [0.3, 0.4) is 0 Å². The van der Waals surface area contributed by atoms with E-state index >= 15 is 0 Å². The van der Waals surface area contributed by atoms with Gasteiger partial charge in [0, 0.05) is 18.5 Å². The first-order valence-corrected chi connectivity index (χ1v) is 4.07. The second-order valence-electron chi connectivity index (χ2n) is 2.95. The molecule has 0 aliphatic heterocycles. The van der Waals surface area contributed by atoms with E-state index in [0.29, 0.717) is 18.1 Å². The molecule has 1 aromatic heterocycles. The lowest BCUT2D eigenvalue weighted by molar-refractivity contribution is -0.119. The molecule has 1 amide bonds. The molecule has 0 aliphatic carbocycles. The molecule has 1 heterocycles. The van der Waals surface area contributed by atoms with Gasteiger partial charge < -0.3 is 15.6 Å². The third-order valence-electron chi connectivity index (χ3n) is 1.68. The molecule has 13 heavy (non-hydrogen) atoms. The fraction of sp³-hybridized carbons (Fsp3) is 0.500. The van der Waals surface area contributed by atoms with Crippen LogP contribution in [0.5, 0.6) is 0 Å². The molecule has 1 aromatic rings. The van der Waals surface area contributed by atoms with Crippen molar-refractivity contribution < 1.29 is 9.32 Å². The van der Waals surface area contributed by atoms with Gasteiger partial charge in [0.15, 0.2) is 5.82 Å². The van der Waals surface area contributed by atoms with E-state index in [1.165, 1.54) is 0 Å². The number of carbonyl (C=O) groups excluding carboxylic acids is 1. The van der Waals surface area contributed by atoms with Crippen LogP contribution in [-0.2, 0) is 4.79 Å². The minimum atomic E-state index is -0.211. The molecule has 0 bridgehead atoms. The molecule has 3 N–H and O–H groups in total. The number of aryl methyl sites for hydroxylation is 1. The molecule has 1 atom stereocenters. The summed E-state index contributed by atoms with van der Waals surface area (Å²) in [6, 6.07) is 1.65. The number of hydrogen-bond donors (Lipinski definition) is 2. The summed E-state index contributed by atoms with van der Waals surface area (Å²) in [5.41, 5.74) is 5.33. The zero-order chi connectivity index (χ0) is 9.84. The van der Waals surface area contributed by atoms with Crippen LogP contribution < -0.4 is 11.1 Å². The van der Waals surface area contributed by atoms with Crippen LogP contribution in [0.15, 0.2) is 10.6 Å². The van der Waals surface area contributed by atoms with Gasteiger partial charge in [0.1, 0.15) is 5.76 Å². The second-order valence-corrected chi connectivity index (χ2v) is 2.95. The molecule has 0 aromatic carbocycles. The third-order valence-corrected chi connectivity index (χ3v) is 1.68. The summed E-state index contributed by atoms with van der Waals surface area (Å²) in [7, 11) is 0. The van der Waals surface area contributed by atoms with Crippen LogP contribution in [0.4, 0.5) is 5.82 Å². The van der Waals surface area contributed by atoms with Gasteiger partial charge in [-0.15, -0.1) is 0 Å². The molecule has 0 saturated carbocycles. The predicted octanol–water partition coefficient (Wildman–Crippen LogP) is 0.516. The molecule has 0 saturated heterocycles. The Hall–Kier alpha value is -1.36. The van der Waals surface area contributed by atoms with E-state index in [1.807, 2.05) is 0 Å². The maximum Gasteiger partial charge on any atom is 0.229 e. The average Bonchev–Trinajstić information content (AvgIpc) is 2.49. The van der Waals surface area contributed by atoms with Crippen LogP contribution in [0, 0.1) is 12.8 Å². The Morgan fingerprint density at radius 3 is 3.00 bits per heavy atom. The lowest BCUT2D eigenvalue weighted by atomic mass is 10.2. The number of nitrogens with one attached hydrogen (secondary N) is 1. The van der Waals surface area contributed by atoms with Crippen LogP contribution in [0.25, 0.3) is 0 Å². The molecule has 5 nitrogen and oxygen atoms in total. The van der Waals surface area contributed by atoms with E-state index in [1.54, 1.807) is 19.9 Å². The molecule has 72 valence electrons. The highest BCUT2D eigenvalue weighted by Gasteiger charge is 2.12. The topological polar surface area (TPSA) is 81.2 Å². The minimum absolute atomic E-state index is 0.143. The number of hydrogen-bond acceptors (Lipinski definition) is 4. The Morgan fingerprint density at radius 2 is 2.54 bits per heavy atom. The average molecular weight is 183 g/mol. The highest BCUT2D eigenvalue weighted by molar-refractivity contribution is 5.91. The van der Waals surface area contributed by atoms with Crippen molar-refractivity contribution in [3.8, 4) is 0 Å². The number of nitrogens with zero attached hydrogens (tertiary/aromatic N) is 1. The van der Waals surface area contributed by atoms with E-state index in [-0.39, 0.29) is 11.8 Å². The van der Waals surface area contributed by atoms with Gasteiger partial charge in [-0.1, -0.05) is 12.1 Å². The Morgan fingerprint density at radius 1 is 1.85 bits per heavy atom. The zero-order valence-electron chi connectivity index (χ0n) is 7.70. The van der Waals surface area contributed by atoms with Crippen LogP contribution in [0.2, 0.25) is 0 Å². The first-order valence-electron chi connectivity index (χ1n) is 4.07. The molecule has 5 heteroatoms. The number of anilines is 1. The van der Waals surface area contributed by atoms with Gasteiger partial charge in [0.2, 0.25) is 5.91 Å². The Bertz CT molecular complexity index is 295. The van der Waals surface area contributed by atoms with Crippen molar-refractivity contribution in [3.05, 3.63) is 11.8 Å². The quantitative estimate of drug-likeness (QED) is 0.715. The van der Waals surface area contributed by atoms with Gasteiger partial charge in [-0.2, -0.15) is 0 Å². The van der Waals surface area contributed by atoms with Gasteiger partial charge in [-0.25, -0.2) is 0 Å². The largest absolute Gasteiger partial charge is 0.360 e. The summed E-state index contributed by atoms with van der Waals surface area (Å²) in [6.07, 6.45) is 0.